The summed E-state index contributed by atoms with van der Waals surface area (Å²) in [6.07, 6.45) is -2.02. The van der Waals surface area contributed by atoms with E-state index in [4.69, 9.17) is 11.6 Å². The van der Waals surface area contributed by atoms with Gasteiger partial charge in [0, 0.05) is 24.7 Å². The van der Waals surface area contributed by atoms with E-state index in [0.717, 1.165) is 41.3 Å². The van der Waals surface area contributed by atoms with E-state index in [2.05, 4.69) is 11.8 Å². The van der Waals surface area contributed by atoms with Gasteiger partial charge in [-0.2, -0.15) is 0 Å². The summed E-state index contributed by atoms with van der Waals surface area (Å²) in [6, 6.07) is 10.2. The number of pyridine rings is 1. The number of rotatable bonds is 7. The first-order chi connectivity index (χ1) is 15.6. The number of hydrogen-bond donors (Lipinski definition) is 0. The lowest BCUT2D eigenvalue weighted by Gasteiger charge is -2.09. The highest BCUT2D eigenvalue weighted by atomic mass is 35.5. The van der Waals surface area contributed by atoms with Gasteiger partial charge in [0.05, 0.1) is 17.0 Å². The largest absolute Gasteiger partial charge is 0.307 e. The zero-order valence-corrected chi connectivity index (χ0v) is 19.4. The fourth-order valence-corrected chi connectivity index (χ4v) is 4.28. The molecule has 0 saturated carbocycles. The van der Waals surface area contributed by atoms with Crippen LogP contribution >= 0.6 is 22.9 Å². The SMILES string of the molecule is CN(C)Cc1cccc(C#Cc2cc(C(=O)Cc3cc(F)c(=O)n(CC(F)F)c3)sc2Cl)c1. The smallest absolute Gasteiger partial charge is 0.286 e. The van der Waals surface area contributed by atoms with Crippen molar-refractivity contribution >= 4 is 28.7 Å². The molecule has 2 aromatic heterocycles. The number of Topliss-reactive ketones (excluding diaryl/α,β-unsaturated/α-hetero) is 1. The lowest BCUT2D eigenvalue weighted by Crippen LogP contribution is -2.26. The Balaban J connectivity index is 1.79. The van der Waals surface area contributed by atoms with Crippen LogP contribution in [0.1, 0.15) is 31.9 Å². The van der Waals surface area contributed by atoms with Crippen LogP contribution in [0.5, 0.6) is 0 Å². The third-order valence-corrected chi connectivity index (χ3v) is 5.93. The molecule has 0 spiro atoms. The number of halogens is 4. The predicted molar refractivity (Wildman–Crippen MR) is 124 cm³/mol. The Labute approximate surface area is 198 Å². The Hall–Kier alpha value is -2.86. The Kier molecular flexibility index (Phi) is 8.14. The minimum atomic E-state index is -2.83. The molecule has 2 heterocycles. The lowest BCUT2D eigenvalue weighted by molar-refractivity contribution is 0.0996. The monoisotopic (exact) mass is 492 g/mol. The van der Waals surface area contributed by atoms with Crippen molar-refractivity contribution in [3.63, 3.8) is 0 Å². The van der Waals surface area contributed by atoms with E-state index < -0.39 is 24.3 Å². The second-order valence-electron chi connectivity index (χ2n) is 7.63. The van der Waals surface area contributed by atoms with Crippen molar-refractivity contribution in [2.24, 2.45) is 0 Å². The Bertz CT molecular complexity index is 1290. The van der Waals surface area contributed by atoms with Gasteiger partial charge in [-0.05, 0) is 49.5 Å². The van der Waals surface area contributed by atoms with Gasteiger partial charge in [-0.25, -0.2) is 13.2 Å². The predicted octanol–water partition coefficient (Wildman–Crippen LogP) is 4.85. The molecular weight excluding hydrogens is 473 g/mol. The lowest BCUT2D eigenvalue weighted by atomic mass is 10.1. The molecule has 0 N–H and O–H groups in total. The maximum Gasteiger partial charge on any atom is 0.286 e. The molecular formula is C24H20ClF3N2O2S. The highest BCUT2D eigenvalue weighted by Crippen LogP contribution is 2.28. The van der Waals surface area contributed by atoms with Crippen molar-refractivity contribution in [2.45, 2.75) is 25.9 Å². The van der Waals surface area contributed by atoms with Crippen molar-refractivity contribution in [3.8, 4) is 11.8 Å². The van der Waals surface area contributed by atoms with E-state index in [1.165, 1.54) is 0 Å². The van der Waals surface area contributed by atoms with E-state index in [1.54, 1.807) is 6.07 Å². The fourth-order valence-electron chi connectivity index (χ4n) is 3.15. The van der Waals surface area contributed by atoms with Crippen molar-refractivity contribution in [1.82, 2.24) is 9.47 Å². The van der Waals surface area contributed by atoms with Crippen LogP contribution in [0, 0.1) is 17.7 Å². The first-order valence-corrected chi connectivity index (χ1v) is 11.1. The number of carbonyl (C=O) groups is 1. The molecule has 0 amide bonds. The number of nitrogens with zero attached hydrogens (tertiary/aromatic N) is 2. The van der Waals surface area contributed by atoms with E-state index in [0.29, 0.717) is 19.3 Å². The van der Waals surface area contributed by atoms with Gasteiger partial charge in [0.2, 0.25) is 0 Å². The van der Waals surface area contributed by atoms with Crippen LogP contribution in [-0.2, 0) is 19.5 Å². The molecule has 0 radical (unpaired) electrons. The first-order valence-electron chi connectivity index (χ1n) is 9.87. The summed E-state index contributed by atoms with van der Waals surface area (Å²) in [5.41, 5.74) is 1.36. The molecule has 4 nitrogen and oxygen atoms in total. The molecule has 0 aliphatic carbocycles. The topological polar surface area (TPSA) is 42.3 Å². The van der Waals surface area contributed by atoms with Crippen LogP contribution in [0.25, 0.3) is 0 Å². The molecule has 3 rings (SSSR count). The zero-order chi connectivity index (χ0) is 24.1. The second kappa shape index (κ2) is 10.8. The van der Waals surface area contributed by atoms with E-state index in [-0.39, 0.29) is 17.8 Å². The standard InChI is InChI=1S/C24H20ClF3N2O2S/c1-29(2)12-16-5-3-4-15(8-16)6-7-18-11-21(33-23(18)25)20(31)10-17-9-19(26)24(32)30(13-17)14-22(27)28/h3-5,8-9,11,13,22H,10,12,14H2,1-2H3. The van der Waals surface area contributed by atoms with Crippen LogP contribution in [0.15, 0.2) is 47.4 Å². The molecule has 9 heteroatoms. The second-order valence-corrected chi connectivity index (χ2v) is 9.29. The van der Waals surface area contributed by atoms with Crippen molar-refractivity contribution in [3.05, 3.63) is 90.2 Å². The molecule has 0 saturated heterocycles. The fraction of sp³-hybridized carbons (Fsp3) is 0.250. The molecule has 172 valence electrons. The number of hydrogen-bond acceptors (Lipinski definition) is 4. The molecule has 0 atom stereocenters. The summed E-state index contributed by atoms with van der Waals surface area (Å²) in [5.74, 6) is 4.44. The highest BCUT2D eigenvalue weighted by molar-refractivity contribution is 7.18. The Morgan fingerprint density at radius 2 is 1.94 bits per heavy atom. The number of ketones is 1. The summed E-state index contributed by atoms with van der Waals surface area (Å²) < 4.78 is 40.0. The summed E-state index contributed by atoms with van der Waals surface area (Å²) in [4.78, 5) is 26.7. The number of carbonyl (C=O) groups excluding carboxylic acids is 1. The van der Waals surface area contributed by atoms with E-state index in [1.807, 2.05) is 43.3 Å². The third-order valence-electron chi connectivity index (χ3n) is 4.53. The van der Waals surface area contributed by atoms with Gasteiger partial charge in [-0.15, -0.1) is 11.3 Å². The summed E-state index contributed by atoms with van der Waals surface area (Å²) in [6.45, 7) is -0.170. The first kappa shape index (κ1) is 24.8. The molecule has 0 aliphatic heterocycles. The molecule has 0 unspecified atom stereocenters. The normalized spacial score (nSPS) is 11.0. The number of aromatic nitrogens is 1. The number of alkyl halides is 2. The molecule has 3 aromatic rings. The van der Waals surface area contributed by atoms with E-state index in [9.17, 15) is 22.8 Å². The molecule has 1 aromatic carbocycles. The van der Waals surface area contributed by atoms with Crippen molar-refractivity contribution < 1.29 is 18.0 Å². The average Bonchev–Trinajstić information content (AvgIpc) is 3.10. The van der Waals surface area contributed by atoms with Gasteiger partial charge in [-0.3, -0.25) is 9.59 Å². The maximum atomic E-state index is 13.8. The van der Waals surface area contributed by atoms with Gasteiger partial charge in [-0.1, -0.05) is 35.6 Å². The van der Waals surface area contributed by atoms with Gasteiger partial charge >= 0.3 is 0 Å². The van der Waals surface area contributed by atoms with E-state index >= 15 is 0 Å². The van der Waals surface area contributed by atoms with Gasteiger partial charge in [0.1, 0.15) is 4.34 Å². The number of benzene rings is 1. The summed E-state index contributed by atoms with van der Waals surface area (Å²) >= 11 is 7.29. The molecule has 0 fully saturated rings. The van der Waals surface area contributed by atoms with Gasteiger partial charge in [0.25, 0.3) is 12.0 Å². The third kappa shape index (κ3) is 6.81. The van der Waals surface area contributed by atoms with Gasteiger partial charge in [0.15, 0.2) is 11.6 Å². The zero-order valence-electron chi connectivity index (χ0n) is 17.9. The molecule has 0 bridgehead atoms. The average molecular weight is 493 g/mol. The summed E-state index contributed by atoms with van der Waals surface area (Å²) in [7, 11) is 3.95. The van der Waals surface area contributed by atoms with Crippen molar-refractivity contribution in [2.75, 3.05) is 14.1 Å². The number of thiophene rings is 1. The van der Waals surface area contributed by atoms with Crippen LogP contribution in [0.2, 0.25) is 4.34 Å². The minimum Gasteiger partial charge on any atom is -0.307 e. The van der Waals surface area contributed by atoms with Crippen LogP contribution in [-0.4, -0.2) is 35.8 Å². The van der Waals surface area contributed by atoms with Crippen molar-refractivity contribution in [1.29, 1.82) is 0 Å². The van der Waals surface area contributed by atoms with Crippen LogP contribution in [0.4, 0.5) is 13.2 Å². The molecule has 0 aliphatic rings. The Morgan fingerprint density at radius 3 is 2.64 bits per heavy atom. The van der Waals surface area contributed by atoms with Gasteiger partial charge < -0.3 is 9.47 Å². The maximum absolute atomic E-state index is 13.8. The Morgan fingerprint density at radius 1 is 1.18 bits per heavy atom. The molecule has 33 heavy (non-hydrogen) atoms. The highest BCUT2D eigenvalue weighted by Gasteiger charge is 2.16. The van der Waals surface area contributed by atoms with Crippen LogP contribution in [0.3, 0.4) is 0 Å². The van der Waals surface area contributed by atoms with Crippen LogP contribution < -0.4 is 5.56 Å². The quantitative estimate of drug-likeness (QED) is 0.349. The summed E-state index contributed by atoms with van der Waals surface area (Å²) in [5, 5.41) is 0. The minimum absolute atomic E-state index is 0.118.